The standard InChI is InChI=1S/C18H29ClN2/c1-4-20-18(16-7-9-17(19)10-8-16)11-12-21(14(2)3)13-15-5-6-15/h7-10,14-15,18,20H,4-6,11-13H2,1-3H3. The van der Waals surface area contributed by atoms with Crippen LogP contribution >= 0.6 is 11.6 Å². The van der Waals surface area contributed by atoms with Crippen LogP contribution in [0.3, 0.4) is 0 Å². The predicted molar refractivity (Wildman–Crippen MR) is 91.9 cm³/mol. The maximum absolute atomic E-state index is 6.00. The number of hydrogen-bond acceptors (Lipinski definition) is 2. The van der Waals surface area contributed by atoms with Gasteiger partial charge in [0.15, 0.2) is 0 Å². The average Bonchev–Trinajstić information content (AvgIpc) is 3.26. The Morgan fingerprint density at radius 1 is 1.24 bits per heavy atom. The highest BCUT2D eigenvalue weighted by Crippen LogP contribution is 2.30. The predicted octanol–water partition coefficient (Wildman–Crippen LogP) is 4.50. The van der Waals surface area contributed by atoms with E-state index in [-0.39, 0.29) is 0 Å². The zero-order chi connectivity index (χ0) is 15.2. The molecule has 1 aliphatic rings. The first-order chi connectivity index (χ1) is 10.1. The Bertz CT molecular complexity index is 412. The first-order valence-corrected chi connectivity index (χ1v) is 8.70. The van der Waals surface area contributed by atoms with E-state index in [0.29, 0.717) is 12.1 Å². The third-order valence-electron chi connectivity index (χ3n) is 4.35. The maximum Gasteiger partial charge on any atom is 0.0406 e. The molecule has 3 heteroatoms. The third kappa shape index (κ3) is 5.61. The van der Waals surface area contributed by atoms with Crippen LogP contribution in [0.4, 0.5) is 0 Å². The lowest BCUT2D eigenvalue weighted by molar-refractivity contribution is 0.201. The number of rotatable bonds is 9. The SMILES string of the molecule is CCNC(CCN(CC1CC1)C(C)C)c1ccc(Cl)cc1. The van der Waals surface area contributed by atoms with Gasteiger partial charge in [-0.2, -0.15) is 0 Å². The molecule has 1 aromatic rings. The molecule has 1 atom stereocenters. The molecule has 0 amide bonds. The molecule has 0 bridgehead atoms. The minimum absolute atomic E-state index is 0.424. The molecule has 2 nitrogen and oxygen atoms in total. The molecular weight excluding hydrogens is 280 g/mol. The molecule has 0 aliphatic heterocycles. The summed E-state index contributed by atoms with van der Waals surface area (Å²) in [6, 6.07) is 9.34. The van der Waals surface area contributed by atoms with E-state index >= 15 is 0 Å². The lowest BCUT2D eigenvalue weighted by Gasteiger charge is -2.29. The third-order valence-corrected chi connectivity index (χ3v) is 4.60. The summed E-state index contributed by atoms with van der Waals surface area (Å²) in [5.41, 5.74) is 1.34. The van der Waals surface area contributed by atoms with Gasteiger partial charge in [0.2, 0.25) is 0 Å². The van der Waals surface area contributed by atoms with Gasteiger partial charge in [-0.25, -0.2) is 0 Å². The number of hydrogen-bond donors (Lipinski definition) is 1. The molecule has 2 rings (SSSR count). The largest absolute Gasteiger partial charge is 0.310 e. The zero-order valence-corrected chi connectivity index (χ0v) is 14.4. The summed E-state index contributed by atoms with van der Waals surface area (Å²) in [5, 5.41) is 4.42. The van der Waals surface area contributed by atoms with Gasteiger partial charge in [-0.1, -0.05) is 30.7 Å². The molecule has 0 saturated heterocycles. The molecule has 1 fully saturated rings. The summed E-state index contributed by atoms with van der Waals surface area (Å²) in [6.07, 6.45) is 4.01. The van der Waals surface area contributed by atoms with Gasteiger partial charge in [0.05, 0.1) is 0 Å². The zero-order valence-electron chi connectivity index (χ0n) is 13.6. The summed E-state index contributed by atoms with van der Waals surface area (Å²) >= 11 is 6.00. The molecule has 0 heterocycles. The molecule has 1 saturated carbocycles. The van der Waals surface area contributed by atoms with Crippen LogP contribution in [-0.2, 0) is 0 Å². The fourth-order valence-corrected chi connectivity index (χ4v) is 2.94. The van der Waals surface area contributed by atoms with E-state index in [1.165, 1.54) is 24.9 Å². The van der Waals surface area contributed by atoms with Gasteiger partial charge in [-0.3, -0.25) is 0 Å². The van der Waals surface area contributed by atoms with Gasteiger partial charge in [0.25, 0.3) is 0 Å². The van der Waals surface area contributed by atoms with Crippen molar-refractivity contribution in [3.63, 3.8) is 0 Å². The topological polar surface area (TPSA) is 15.3 Å². The molecule has 118 valence electrons. The fraction of sp³-hybridized carbons (Fsp3) is 0.667. The molecule has 0 spiro atoms. The van der Waals surface area contributed by atoms with Crippen molar-refractivity contribution in [1.29, 1.82) is 0 Å². The highest BCUT2D eigenvalue weighted by molar-refractivity contribution is 6.30. The Balaban J connectivity index is 1.92. The van der Waals surface area contributed by atoms with Crippen LogP contribution in [0.15, 0.2) is 24.3 Å². The second kappa shape index (κ2) is 8.17. The van der Waals surface area contributed by atoms with Crippen LogP contribution in [0.2, 0.25) is 5.02 Å². The monoisotopic (exact) mass is 308 g/mol. The van der Waals surface area contributed by atoms with E-state index in [2.05, 4.69) is 43.1 Å². The number of nitrogens with zero attached hydrogens (tertiary/aromatic N) is 1. The molecule has 1 N–H and O–H groups in total. The first kappa shape index (κ1) is 16.8. The van der Waals surface area contributed by atoms with E-state index in [9.17, 15) is 0 Å². The Labute approximate surface area is 134 Å². The minimum Gasteiger partial charge on any atom is -0.310 e. The molecule has 1 aromatic carbocycles. The van der Waals surface area contributed by atoms with Crippen molar-refractivity contribution in [1.82, 2.24) is 10.2 Å². The average molecular weight is 309 g/mol. The number of nitrogens with one attached hydrogen (secondary N) is 1. The summed E-state index contributed by atoms with van der Waals surface area (Å²) < 4.78 is 0. The number of benzene rings is 1. The quantitative estimate of drug-likeness (QED) is 0.722. The molecule has 1 unspecified atom stereocenters. The molecule has 1 aliphatic carbocycles. The van der Waals surface area contributed by atoms with Crippen LogP contribution in [0.5, 0.6) is 0 Å². The lowest BCUT2D eigenvalue weighted by Crippen LogP contribution is -2.36. The Morgan fingerprint density at radius 3 is 2.43 bits per heavy atom. The van der Waals surface area contributed by atoms with E-state index < -0.39 is 0 Å². The molecular formula is C18H29ClN2. The van der Waals surface area contributed by atoms with Crippen molar-refractivity contribution in [2.24, 2.45) is 5.92 Å². The van der Waals surface area contributed by atoms with Crippen LogP contribution in [0, 0.1) is 5.92 Å². The van der Waals surface area contributed by atoms with Crippen molar-refractivity contribution in [2.75, 3.05) is 19.6 Å². The highest BCUT2D eigenvalue weighted by Gasteiger charge is 2.25. The van der Waals surface area contributed by atoms with E-state index in [1.807, 2.05) is 12.1 Å². The van der Waals surface area contributed by atoms with Gasteiger partial charge < -0.3 is 10.2 Å². The number of halogens is 1. The Morgan fingerprint density at radius 2 is 1.90 bits per heavy atom. The van der Waals surface area contributed by atoms with E-state index in [0.717, 1.165) is 30.5 Å². The van der Waals surface area contributed by atoms with Crippen molar-refractivity contribution < 1.29 is 0 Å². The van der Waals surface area contributed by atoms with Crippen LogP contribution in [-0.4, -0.2) is 30.6 Å². The van der Waals surface area contributed by atoms with Crippen molar-refractivity contribution in [3.05, 3.63) is 34.9 Å². The summed E-state index contributed by atoms with van der Waals surface area (Å²) in [7, 11) is 0. The first-order valence-electron chi connectivity index (χ1n) is 8.33. The second-order valence-corrected chi connectivity index (χ2v) is 6.92. The minimum atomic E-state index is 0.424. The van der Waals surface area contributed by atoms with Crippen LogP contribution in [0.25, 0.3) is 0 Å². The maximum atomic E-state index is 6.00. The van der Waals surface area contributed by atoms with Gasteiger partial charge in [-0.05, 0) is 63.3 Å². The summed E-state index contributed by atoms with van der Waals surface area (Å²) in [6.45, 7) is 10.2. The molecule has 21 heavy (non-hydrogen) atoms. The summed E-state index contributed by atoms with van der Waals surface area (Å²) in [5.74, 6) is 0.959. The smallest absolute Gasteiger partial charge is 0.0406 e. The van der Waals surface area contributed by atoms with E-state index in [1.54, 1.807) is 0 Å². The Kier molecular flexibility index (Phi) is 6.53. The van der Waals surface area contributed by atoms with Crippen LogP contribution in [0.1, 0.15) is 51.6 Å². The highest BCUT2D eigenvalue weighted by atomic mass is 35.5. The van der Waals surface area contributed by atoms with E-state index in [4.69, 9.17) is 11.6 Å². The normalized spacial score (nSPS) is 16.7. The second-order valence-electron chi connectivity index (χ2n) is 6.48. The van der Waals surface area contributed by atoms with Gasteiger partial charge in [0.1, 0.15) is 0 Å². The van der Waals surface area contributed by atoms with Crippen molar-refractivity contribution >= 4 is 11.6 Å². The van der Waals surface area contributed by atoms with Gasteiger partial charge in [-0.15, -0.1) is 0 Å². The van der Waals surface area contributed by atoms with Gasteiger partial charge in [0, 0.05) is 30.2 Å². The lowest BCUT2D eigenvalue weighted by atomic mass is 10.0. The molecule has 0 aromatic heterocycles. The Hall–Kier alpha value is -0.570. The molecule has 0 radical (unpaired) electrons. The summed E-state index contributed by atoms with van der Waals surface area (Å²) in [4.78, 5) is 2.64. The fourth-order valence-electron chi connectivity index (χ4n) is 2.82. The van der Waals surface area contributed by atoms with Crippen LogP contribution < -0.4 is 5.32 Å². The van der Waals surface area contributed by atoms with Gasteiger partial charge >= 0.3 is 0 Å². The van der Waals surface area contributed by atoms with Crippen molar-refractivity contribution in [3.8, 4) is 0 Å². The van der Waals surface area contributed by atoms with Crippen molar-refractivity contribution in [2.45, 2.75) is 52.1 Å².